The van der Waals surface area contributed by atoms with Crippen molar-refractivity contribution < 1.29 is 9.84 Å². The lowest BCUT2D eigenvalue weighted by Crippen LogP contribution is -2.40. The summed E-state index contributed by atoms with van der Waals surface area (Å²) >= 11 is 0. The highest BCUT2D eigenvalue weighted by Gasteiger charge is 2.39. The van der Waals surface area contributed by atoms with Crippen molar-refractivity contribution in [3.63, 3.8) is 0 Å². The van der Waals surface area contributed by atoms with Crippen LogP contribution in [0.4, 0.5) is 0 Å². The number of aryl methyl sites for hydroxylation is 1. The molecular weight excluding hydrogens is 202 g/mol. The largest absolute Gasteiger partial charge is 0.388 e. The van der Waals surface area contributed by atoms with Gasteiger partial charge in [0.05, 0.1) is 11.7 Å². The number of aliphatic hydroxyl groups is 1. The molecule has 0 aliphatic heterocycles. The molecule has 3 nitrogen and oxygen atoms in total. The molecule has 0 bridgehead atoms. The molecule has 0 amide bonds. The van der Waals surface area contributed by atoms with Gasteiger partial charge in [0.25, 0.3) is 0 Å². The maximum absolute atomic E-state index is 10.2. The summed E-state index contributed by atoms with van der Waals surface area (Å²) in [6.45, 7) is 2.00. The second kappa shape index (κ2) is 4.52. The molecule has 0 aromatic carbocycles. The summed E-state index contributed by atoms with van der Waals surface area (Å²) < 4.78 is 5.53. The van der Waals surface area contributed by atoms with Crippen molar-refractivity contribution in [3.05, 3.63) is 29.6 Å². The van der Waals surface area contributed by atoms with E-state index in [4.69, 9.17) is 4.74 Å². The lowest BCUT2D eigenvalue weighted by Gasteiger charge is -2.42. The highest BCUT2D eigenvalue weighted by molar-refractivity contribution is 5.24. The molecule has 1 heterocycles. The molecule has 0 radical (unpaired) electrons. The van der Waals surface area contributed by atoms with Crippen molar-refractivity contribution in [1.29, 1.82) is 0 Å². The Morgan fingerprint density at radius 1 is 1.56 bits per heavy atom. The number of nitrogens with zero attached hydrogens (tertiary/aromatic N) is 1. The van der Waals surface area contributed by atoms with E-state index in [0.717, 1.165) is 24.0 Å². The standard InChI is InChI=1S/C13H19NO2/c1-10-4-7-14-9-11(10)12(15)8-13(16-2)5-3-6-13/h4,7,9,12,15H,3,5-6,8H2,1-2H3. The molecule has 0 saturated heterocycles. The van der Waals surface area contributed by atoms with Gasteiger partial charge in [-0.05, 0) is 37.8 Å². The molecule has 16 heavy (non-hydrogen) atoms. The van der Waals surface area contributed by atoms with Gasteiger partial charge in [-0.25, -0.2) is 0 Å². The second-order valence-electron chi connectivity index (χ2n) is 4.69. The van der Waals surface area contributed by atoms with Crippen LogP contribution in [0.15, 0.2) is 18.5 Å². The molecule has 1 fully saturated rings. The van der Waals surface area contributed by atoms with E-state index in [-0.39, 0.29) is 5.60 Å². The Morgan fingerprint density at radius 2 is 2.31 bits per heavy atom. The van der Waals surface area contributed by atoms with Gasteiger partial charge in [0.2, 0.25) is 0 Å². The molecule has 1 unspecified atom stereocenters. The van der Waals surface area contributed by atoms with Gasteiger partial charge in [0.15, 0.2) is 0 Å². The molecule has 3 heteroatoms. The number of aromatic nitrogens is 1. The summed E-state index contributed by atoms with van der Waals surface area (Å²) in [5.41, 5.74) is 1.92. The molecule has 1 aliphatic rings. The highest BCUT2D eigenvalue weighted by atomic mass is 16.5. The number of pyridine rings is 1. The van der Waals surface area contributed by atoms with Crippen molar-refractivity contribution in [1.82, 2.24) is 4.98 Å². The van der Waals surface area contributed by atoms with E-state index in [0.29, 0.717) is 6.42 Å². The van der Waals surface area contributed by atoms with Crippen molar-refractivity contribution in [2.75, 3.05) is 7.11 Å². The van der Waals surface area contributed by atoms with Crippen LogP contribution >= 0.6 is 0 Å². The van der Waals surface area contributed by atoms with Crippen LogP contribution in [-0.4, -0.2) is 22.8 Å². The molecule has 1 aromatic heterocycles. The first kappa shape index (κ1) is 11.6. The SMILES string of the molecule is COC1(CC(O)c2cnccc2C)CCC1. The molecule has 2 rings (SSSR count). The molecule has 88 valence electrons. The van der Waals surface area contributed by atoms with Gasteiger partial charge in [-0.1, -0.05) is 0 Å². The number of hydrogen-bond acceptors (Lipinski definition) is 3. The summed E-state index contributed by atoms with van der Waals surface area (Å²) in [6, 6.07) is 1.93. The van der Waals surface area contributed by atoms with Crippen LogP contribution < -0.4 is 0 Å². The van der Waals surface area contributed by atoms with Crippen molar-refractivity contribution in [2.24, 2.45) is 0 Å². The van der Waals surface area contributed by atoms with E-state index in [2.05, 4.69) is 4.98 Å². The molecule has 1 aliphatic carbocycles. The summed E-state index contributed by atoms with van der Waals surface area (Å²) in [7, 11) is 1.74. The molecule has 1 atom stereocenters. The molecule has 1 N–H and O–H groups in total. The average molecular weight is 221 g/mol. The van der Waals surface area contributed by atoms with Gasteiger partial charge >= 0.3 is 0 Å². The number of methoxy groups -OCH3 is 1. The number of aliphatic hydroxyl groups excluding tert-OH is 1. The lowest BCUT2D eigenvalue weighted by atomic mass is 9.75. The Morgan fingerprint density at radius 3 is 2.81 bits per heavy atom. The topological polar surface area (TPSA) is 42.4 Å². The lowest BCUT2D eigenvalue weighted by molar-refractivity contribution is -0.1000. The first-order chi connectivity index (χ1) is 7.67. The Hall–Kier alpha value is -0.930. The minimum Gasteiger partial charge on any atom is -0.388 e. The van der Waals surface area contributed by atoms with Crippen molar-refractivity contribution in [2.45, 2.75) is 44.3 Å². The summed E-state index contributed by atoms with van der Waals surface area (Å²) in [5, 5.41) is 10.2. The van der Waals surface area contributed by atoms with Crippen LogP contribution in [0.5, 0.6) is 0 Å². The van der Waals surface area contributed by atoms with Crippen LogP contribution in [0, 0.1) is 6.92 Å². The monoisotopic (exact) mass is 221 g/mol. The van der Waals surface area contributed by atoms with Gasteiger partial charge < -0.3 is 9.84 Å². The normalized spacial score (nSPS) is 20.2. The van der Waals surface area contributed by atoms with E-state index in [1.807, 2.05) is 13.0 Å². The molecule has 1 saturated carbocycles. The zero-order valence-corrected chi connectivity index (χ0v) is 9.94. The van der Waals surface area contributed by atoms with Gasteiger partial charge in [-0.15, -0.1) is 0 Å². The summed E-state index contributed by atoms with van der Waals surface area (Å²) in [6.07, 6.45) is 7.03. The maximum Gasteiger partial charge on any atom is 0.0835 e. The van der Waals surface area contributed by atoms with Crippen molar-refractivity contribution >= 4 is 0 Å². The molecular formula is C13H19NO2. The van der Waals surface area contributed by atoms with Crippen LogP contribution in [0.3, 0.4) is 0 Å². The Balaban J connectivity index is 2.08. The third kappa shape index (κ3) is 2.11. The van der Waals surface area contributed by atoms with Crippen LogP contribution in [0.2, 0.25) is 0 Å². The van der Waals surface area contributed by atoms with Crippen LogP contribution in [0.1, 0.15) is 42.9 Å². The molecule has 0 spiro atoms. The fourth-order valence-corrected chi connectivity index (χ4v) is 2.35. The Kier molecular flexibility index (Phi) is 3.26. The van der Waals surface area contributed by atoms with E-state index in [1.54, 1.807) is 19.5 Å². The van der Waals surface area contributed by atoms with E-state index in [1.165, 1.54) is 6.42 Å². The van der Waals surface area contributed by atoms with Crippen LogP contribution in [-0.2, 0) is 4.74 Å². The Labute approximate surface area is 96.5 Å². The number of hydrogen-bond donors (Lipinski definition) is 1. The quantitative estimate of drug-likeness (QED) is 0.848. The zero-order chi connectivity index (χ0) is 11.6. The van der Waals surface area contributed by atoms with E-state index in [9.17, 15) is 5.11 Å². The summed E-state index contributed by atoms with van der Waals surface area (Å²) in [4.78, 5) is 4.07. The van der Waals surface area contributed by atoms with Crippen LogP contribution in [0.25, 0.3) is 0 Å². The fraction of sp³-hybridized carbons (Fsp3) is 0.615. The number of ether oxygens (including phenoxy) is 1. The average Bonchev–Trinajstić information content (AvgIpc) is 2.24. The third-order valence-corrected chi connectivity index (χ3v) is 3.70. The van der Waals surface area contributed by atoms with E-state index < -0.39 is 6.10 Å². The van der Waals surface area contributed by atoms with Gasteiger partial charge in [-0.2, -0.15) is 0 Å². The second-order valence-corrected chi connectivity index (χ2v) is 4.69. The third-order valence-electron chi connectivity index (χ3n) is 3.70. The minimum atomic E-state index is -0.464. The van der Waals surface area contributed by atoms with Crippen molar-refractivity contribution in [3.8, 4) is 0 Å². The van der Waals surface area contributed by atoms with Gasteiger partial charge in [0, 0.05) is 31.5 Å². The number of rotatable bonds is 4. The maximum atomic E-state index is 10.2. The highest BCUT2D eigenvalue weighted by Crippen LogP contribution is 2.42. The summed E-state index contributed by atoms with van der Waals surface area (Å²) in [5.74, 6) is 0. The fourth-order valence-electron chi connectivity index (χ4n) is 2.35. The predicted octanol–water partition coefficient (Wildman–Crippen LogP) is 2.38. The smallest absolute Gasteiger partial charge is 0.0835 e. The minimum absolute atomic E-state index is 0.0955. The Bertz CT molecular complexity index is 355. The zero-order valence-electron chi connectivity index (χ0n) is 9.94. The first-order valence-electron chi connectivity index (χ1n) is 5.81. The first-order valence-corrected chi connectivity index (χ1v) is 5.81. The van der Waals surface area contributed by atoms with E-state index >= 15 is 0 Å². The molecule has 1 aromatic rings. The van der Waals surface area contributed by atoms with Gasteiger partial charge in [0.1, 0.15) is 0 Å². The predicted molar refractivity (Wildman–Crippen MR) is 62.1 cm³/mol. The van der Waals surface area contributed by atoms with Gasteiger partial charge in [-0.3, -0.25) is 4.98 Å².